The predicted molar refractivity (Wildman–Crippen MR) is 83.8 cm³/mol. The zero-order valence-electron chi connectivity index (χ0n) is 12.0. The van der Waals surface area contributed by atoms with Crippen LogP contribution in [0.4, 0.5) is 5.82 Å². The minimum atomic E-state index is -0.120. The van der Waals surface area contributed by atoms with Crippen molar-refractivity contribution in [1.82, 2.24) is 10.2 Å². The van der Waals surface area contributed by atoms with Crippen LogP contribution in [-0.2, 0) is 11.2 Å². The Morgan fingerprint density at radius 2 is 1.95 bits per heavy atom. The van der Waals surface area contributed by atoms with Crippen LogP contribution in [0.2, 0.25) is 0 Å². The van der Waals surface area contributed by atoms with Crippen molar-refractivity contribution in [2.75, 3.05) is 18.2 Å². The van der Waals surface area contributed by atoms with Gasteiger partial charge in [0.15, 0.2) is 5.82 Å². The first-order valence-corrected chi connectivity index (χ1v) is 7.83. The number of thioether (sulfide) groups is 1. The molecule has 0 fully saturated rings. The summed E-state index contributed by atoms with van der Waals surface area (Å²) in [6.45, 7) is 2.56. The number of carbonyl (C=O) groups is 1. The standard InChI is InChI=1S/C15H17N3O2S/c1-3-20-12-6-4-11(5-7-12)10-14(19)16-13-8-9-15(21-2)18-17-13/h4-9H,3,10H2,1-2H3,(H,16,17,19). The monoisotopic (exact) mass is 303 g/mol. The van der Waals surface area contributed by atoms with E-state index in [2.05, 4.69) is 15.5 Å². The van der Waals surface area contributed by atoms with E-state index in [9.17, 15) is 4.79 Å². The molecule has 1 aromatic heterocycles. The molecule has 0 radical (unpaired) electrons. The molecule has 2 rings (SSSR count). The van der Waals surface area contributed by atoms with Gasteiger partial charge in [0.05, 0.1) is 13.0 Å². The molecule has 0 atom stereocenters. The molecule has 110 valence electrons. The fourth-order valence-corrected chi connectivity index (χ4v) is 2.06. The van der Waals surface area contributed by atoms with E-state index in [1.807, 2.05) is 43.5 Å². The third-order valence-electron chi connectivity index (χ3n) is 2.72. The smallest absolute Gasteiger partial charge is 0.229 e. The van der Waals surface area contributed by atoms with Crippen LogP contribution in [0.5, 0.6) is 5.75 Å². The van der Waals surface area contributed by atoms with Crippen molar-refractivity contribution in [3.63, 3.8) is 0 Å². The molecule has 6 heteroatoms. The normalized spacial score (nSPS) is 10.2. The number of carbonyl (C=O) groups excluding carboxylic acids is 1. The Kier molecular flexibility index (Phi) is 5.57. The molecular weight excluding hydrogens is 286 g/mol. The highest BCUT2D eigenvalue weighted by atomic mass is 32.2. The summed E-state index contributed by atoms with van der Waals surface area (Å²) in [7, 11) is 0. The van der Waals surface area contributed by atoms with E-state index >= 15 is 0 Å². The van der Waals surface area contributed by atoms with Gasteiger partial charge in [-0.3, -0.25) is 4.79 Å². The molecular formula is C15H17N3O2S. The van der Waals surface area contributed by atoms with Crippen LogP contribution >= 0.6 is 11.8 Å². The molecule has 0 unspecified atom stereocenters. The van der Waals surface area contributed by atoms with Gasteiger partial charge in [0.25, 0.3) is 0 Å². The summed E-state index contributed by atoms with van der Waals surface area (Å²) in [4.78, 5) is 11.9. The van der Waals surface area contributed by atoms with Gasteiger partial charge in [0, 0.05) is 0 Å². The van der Waals surface area contributed by atoms with Gasteiger partial charge in [0.1, 0.15) is 10.8 Å². The van der Waals surface area contributed by atoms with Gasteiger partial charge in [-0.1, -0.05) is 12.1 Å². The van der Waals surface area contributed by atoms with Crippen LogP contribution in [0, 0.1) is 0 Å². The quantitative estimate of drug-likeness (QED) is 0.831. The van der Waals surface area contributed by atoms with Crippen LogP contribution in [0.1, 0.15) is 12.5 Å². The summed E-state index contributed by atoms with van der Waals surface area (Å²) in [6, 6.07) is 11.1. The topological polar surface area (TPSA) is 64.1 Å². The number of hydrogen-bond donors (Lipinski definition) is 1. The predicted octanol–water partition coefficient (Wildman–Crippen LogP) is 2.78. The van der Waals surface area contributed by atoms with Crippen LogP contribution in [-0.4, -0.2) is 29.0 Å². The molecule has 0 aliphatic rings. The van der Waals surface area contributed by atoms with Gasteiger partial charge >= 0.3 is 0 Å². The van der Waals surface area contributed by atoms with Crippen molar-refractivity contribution in [1.29, 1.82) is 0 Å². The maximum absolute atomic E-state index is 11.9. The minimum Gasteiger partial charge on any atom is -0.494 e. The molecule has 21 heavy (non-hydrogen) atoms. The van der Waals surface area contributed by atoms with Crippen LogP contribution in [0.3, 0.4) is 0 Å². The van der Waals surface area contributed by atoms with E-state index in [-0.39, 0.29) is 5.91 Å². The Labute approximate surface area is 128 Å². The average molecular weight is 303 g/mol. The Balaban J connectivity index is 1.91. The molecule has 0 saturated heterocycles. The number of benzene rings is 1. The first kappa shape index (κ1) is 15.3. The molecule has 5 nitrogen and oxygen atoms in total. The lowest BCUT2D eigenvalue weighted by molar-refractivity contribution is -0.115. The first-order valence-electron chi connectivity index (χ1n) is 6.60. The van der Waals surface area contributed by atoms with E-state index in [4.69, 9.17) is 4.74 Å². The summed E-state index contributed by atoms with van der Waals surface area (Å²) in [5.41, 5.74) is 0.921. The van der Waals surface area contributed by atoms with E-state index in [0.29, 0.717) is 18.8 Å². The highest BCUT2D eigenvalue weighted by Crippen LogP contribution is 2.14. The Morgan fingerprint density at radius 1 is 1.19 bits per heavy atom. The lowest BCUT2D eigenvalue weighted by atomic mass is 10.1. The maximum atomic E-state index is 11.9. The van der Waals surface area contributed by atoms with E-state index < -0.39 is 0 Å². The van der Waals surface area contributed by atoms with E-state index in [1.165, 1.54) is 11.8 Å². The zero-order valence-corrected chi connectivity index (χ0v) is 12.8. The second-order valence-electron chi connectivity index (χ2n) is 4.26. The highest BCUT2D eigenvalue weighted by molar-refractivity contribution is 7.98. The lowest BCUT2D eigenvalue weighted by Gasteiger charge is -2.06. The van der Waals surface area contributed by atoms with Crippen LogP contribution in [0.15, 0.2) is 41.4 Å². The fourth-order valence-electron chi connectivity index (χ4n) is 1.74. The van der Waals surface area contributed by atoms with Gasteiger partial charge in [-0.25, -0.2) is 0 Å². The molecule has 0 aliphatic heterocycles. The van der Waals surface area contributed by atoms with Gasteiger partial charge in [-0.05, 0) is 43.0 Å². The number of amides is 1. The first-order chi connectivity index (χ1) is 10.2. The SMILES string of the molecule is CCOc1ccc(CC(=O)Nc2ccc(SC)nn2)cc1. The van der Waals surface area contributed by atoms with Gasteiger partial charge < -0.3 is 10.1 Å². The number of anilines is 1. The number of hydrogen-bond acceptors (Lipinski definition) is 5. The second kappa shape index (κ2) is 7.64. The molecule has 1 N–H and O–H groups in total. The Morgan fingerprint density at radius 3 is 2.52 bits per heavy atom. The molecule has 0 aliphatic carbocycles. The van der Waals surface area contributed by atoms with E-state index in [0.717, 1.165) is 16.3 Å². The maximum Gasteiger partial charge on any atom is 0.229 e. The summed E-state index contributed by atoms with van der Waals surface area (Å²) < 4.78 is 5.36. The molecule has 0 saturated carbocycles. The zero-order chi connectivity index (χ0) is 15.1. The minimum absolute atomic E-state index is 0.120. The van der Waals surface area contributed by atoms with Gasteiger partial charge in [-0.15, -0.1) is 22.0 Å². The summed E-state index contributed by atoms with van der Waals surface area (Å²) in [5.74, 6) is 1.15. The third-order valence-corrected chi connectivity index (χ3v) is 3.35. The lowest BCUT2D eigenvalue weighted by Crippen LogP contribution is -2.15. The van der Waals surface area contributed by atoms with Crippen molar-refractivity contribution >= 4 is 23.5 Å². The second-order valence-corrected chi connectivity index (χ2v) is 5.09. The van der Waals surface area contributed by atoms with Crippen LogP contribution in [0.25, 0.3) is 0 Å². The Hall–Kier alpha value is -2.08. The van der Waals surface area contributed by atoms with Crippen LogP contribution < -0.4 is 10.1 Å². The Bertz CT molecular complexity index is 585. The van der Waals surface area contributed by atoms with Gasteiger partial charge in [0.2, 0.25) is 5.91 Å². The molecule has 0 spiro atoms. The molecule has 2 aromatic rings. The molecule has 1 aromatic carbocycles. The highest BCUT2D eigenvalue weighted by Gasteiger charge is 2.06. The van der Waals surface area contributed by atoms with Crippen molar-refractivity contribution in [3.8, 4) is 5.75 Å². The largest absolute Gasteiger partial charge is 0.494 e. The number of nitrogens with zero attached hydrogens (tertiary/aromatic N) is 2. The molecule has 0 bridgehead atoms. The van der Waals surface area contributed by atoms with Crippen molar-refractivity contribution in [2.24, 2.45) is 0 Å². The summed E-state index contributed by atoms with van der Waals surface area (Å²) in [5, 5.41) is 11.5. The average Bonchev–Trinajstić information content (AvgIpc) is 2.50. The van der Waals surface area contributed by atoms with Gasteiger partial charge in [-0.2, -0.15) is 0 Å². The third kappa shape index (κ3) is 4.75. The number of rotatable bonds is 6. The van der Waals surface area contributed by atoms with Crippen molar-refractivity contribution in [2.45, 2.75) is 18.4 Å². The van der Waals surface area contributed by atoms with Crippen molar-refractivity contribution < 1.29 is 9.53 Å². The summed E-state index contributed by atoms with van der Waals surface area (Å²) >= 11 is 1.51. The number of ether oxygens (including phenoxy) is 1. The summed E-state index contributed by atoms with van der Waals surface area (Å²) in [6.07, 6.45) is 2.21. The number of nitrogens with one attached hydrogen (secondary N) is 1. The molecule has 1 amide bonds. The number of aromatic nitrogens is 2. The van der Waals surface area contributed by atoms with E-state index in [1.54, 1.807) is 6.07 Å². The fraction of sp³-hybridized carbons (Fsp3) is 0.267. The molecule has 1 heterocycles. The van der Waals surface area contributed by atoms with Crippen molar-refractivity contribution in [3.05, 3.63) is 42.0 Å².